The fourth-order valence-corrected chi connectivity index (χ4v) is 2.48. The van der Waals surface area contributed by atoms with E-state index in [1.54, 1.807) is 19.4 Å². The molecule has 21 heavy (non-hydrogen) atoms. The fraction of sp³-hybridized carbons (Fsp3) is 0.200. The van der Waals surface area contributed by atoms with Crippen LogP contribution in [0.5, 0.6) is 5.75 Å². The van der Waals surface area contributed by atoms with Crippen LogP contribution < -0.4 is 10.1 Å². The smallest absolute Gasteiger partial charge is 0.254 e. The maximum Gasteiger partial charge on any atom is 0.254 e. The Balaban J connectivity index is 2.21. The van der Waals surface area contributed by atoms with Crippen LogP contribution in [0.15, 0.2) is 41.0 Å². The van der Waals surface area contributed by atoms with E-state index >= 15 is 0 Å². The summed E-state index contributed by atoms with van der Waals surface area (Å²) in [6.45, 7) is 1.88. The van der Waals surface area contributed by atoms with Gasteiger partial charge in [-0.1, -0.05) is 29.8 Å². The van der Waals surface area contributed by atoms with Crippen LogP contribution in [0.1, 0.15) is 28.9 Å². The lowest BCUT2D eigenvalue weighted by molar-refractivity contribution is 0.0939. The Bertz CT molecular complexity index is 664. The number of rotatable bonds is 4. The molecule has 1 N–H and O–H groups in total. The Kier molecular flexibility index (Phi) is 5.20. The second-order valence-electron chi connectivity index (χ2n) is 4.43. The third-order valence-corrected chi connectivity index (χ3v) is 3.74. The summed E-state index contributed by atoms with van der Waals surface area (Å²) in [5.41, 5.74) is 1.22. The molecule has 1 atom stereocenters. The van der Waals surface area contributed by atoms with Gasteiger partial charge in [0.05, 0.1) is 18.7 Å². The number of pyridine rings is 1. The average molecular weight is 370 g/mol. The molecule has 0 aliphatic rings. The molecule has 2 aromatic rings. The highest BCUT2D eigenvalue weighted by molar-refractivity contribution is 9.10. The number of halogens is 2. The van der Waals surface area contributed by atoms with Gasteiger partial charge >= 0.3 is 0 Å². The molecule has 0 saturated carbocycles. The number of ether oxygens (including phenoxy) is 1. The minimum absolute atomic E-state index is 0.169. The van der Waals surface area contributed by atoms with Gasteiger partial charge in [-0.25, -0.2) is 4.98 Å². The van der Waals surface area contributed by atoms with E-state index in [4.69, 9.17) is 16.3 Å². The molecule has 0 saturated heterocycles. The summed E-state index contributed by atoms with van der Waals surface area (Å²) in [6.07, 6.45) is 1.54. The largest absolute Gasteiger partial charge is 0.496 e. The number of para-hydroxylation sites is 1. The fourth-order valence-electron chi connectivity index (χ4n) is 1.96. The summed E-state index contributed by atoms with van der Waals surface area (Å²) in [6, 6.07) is 8.96. The van der Waals surface area contributed by atoms with E-state index in [1.807, 2.05) is 31.2 Å². The molecule has 110 valence electrons. The number of carbonyl (C=O) groups excluding carboxylic acids is 1. The zero-order valence-corrected chi connectivity index (χ0v) is 13.9. The molecule has 0 aliphatic heterocycles. The van der Waals surface area contributed by atoms with Crippen LogP contribution in [-0.4, -0.2) is 18.0 Å². The van der Waals surface area contributed by atoms with E-state index in [9.17, 15) is 4.79 Å². The molecule has 1 heterocycles. The summed E-state index contributed by atoms with van der Waals surface area (Å²) in [4.78, 5) is 16.3. The Labute approximate surface area is 136 Å². The second-order valence-corrected chi connectivity index (χ2v) is 5.70. The van der Waals surface area contributed by atoms with Gasteiger partial charge in [-0.15, -0.1) is 0 Å². The van der Waals surface area contributed by atoms with Gasteiger partial charge in [-0.3, -0.25) is 4.79 Å². The summed E-state index contributed by atoms with van der Waals surface area (Å²) < 4.78 is 6.00. The summed E-state index contributed by atoms with van der Waals surface area (Å²) >= 11 is 9.24. The molecule has 1 unspecified atom stereocenters. The van der Waals surface area contributed by atoms with Crippen LogP contribution in [0.4, 0.5) is 0 Å². The average Bonchev–Trinajstić information content (AvgIpc) is 2.49. The monoisotopic (exact) mass is 368 g/mol. The Morgan fingerprint density at radius 3 is 2.86 bits per heavy atom. The number of hydrogen-bond donors (Lipinski definition) is 1. The van der Waals surface area contributed by atoms with E-state index in [2.05, 4.69) is 26.2 Å². The SMILES string of the molecule is COc1ccccc1C(C)NC(=O)c1cc(Br)cnc1Cl. The van der Waals surface area contributed by atoms with Crippen molar-refractivity contribution in [3.63, 3.8) is 0 Å². The first-order chi connectivity index (χ1) is 10.0. The minimum atomic E-state index is -0.285. The predicted molar refractivity (Wildman–Crippen MR) is 85.8 cm³/mol. The Hall–Kier alpha value is -1.59. The summed E-state index contributed by atoms with van der Waals surface area (Å²) in [7, 11) is 1.60. The molecule has 0 bridgehead atoms. The van der Waals surface area contributed by atoms with Gasteiger partial charge in [0.25, 0.3) is 5.91 Å². The molecule has 1 amide bonds. The molecule has 0 fully saturated rings. The van der Waals surface area contributed by atoms with Gasteiger partial charge in [-0.05, 0) is 35.0 Å². The quantitative estimate of drug-likeness (QED) is 0.829. The van der Waals surface area contributed by atoms with Crippen LogP contribution in [-0.2, 0) is 0 Å². The molecular weight excluding hydrogens is 356 g/mol. The van der Waals surface area contributed by atoms with Crippen LogP contribution >= 0.6 is 27.5 Å². The van der Waals surface area contributed by atoms with E-state index in [-0.39, 0.29) is 17.1 Å². The van der Waals surface area contributed by atoms with Gasteiger partial charge in [0, 0.05) is 16.2 Å². The molecule has 2 rings (SSSR count). The highest BCUT2D eigenvalue weighted by atomic mass is 79.9. The highest BCUT2D eigenvalue weighted by Gasteiger charge is 2.17. The van der Waals surface area contributed by atoms with Crippen LogP contribution in [0.3, 0.4) is 0 Å². The second kappa shape index (κ2) is 6.91. The standard InChI is InChI=1S/C15H14BrClN2O2/c1-9(11-5-3-4-6-13(11)21-2)19-15(20)12-7-10(16)8-18-14(12)17/h3-9H,1-2H3,(H,19,20). The minimum Gasteiger partial charge on any atom is -0.496 e. The van der Waals surface area contributed by atoms with Gasteiger partial charge < -0.3 is 10.1 Å². The van der Waals surface area contributed by atoms with Crippen molar-refractivity contribution in [3.05, 3.63) is 57.3 Å². The first kappa shape index (κ1) is 15.8. The zero-order chi connectivity index (χ0) is 15.4. The number of nitrogens with zero attached hydrogens (tertiary/aromatic N) is 1. The van der Waals surface area contributed by atoms with Crippen molar-refractivity contribution in [3.8, 4) is 5.75 Å². The Morgan fingerprint density at radius 1 is 1.43 bits per heavy atom. The summed E-state index contributed by atoms with van der Waals surface area (Å²) in [5.74, 6) is 0.441. The number of benzene rings is 1. The highest BCUT2D eigenvalue weighted by Crippen LogP contribution is 2.25. The lowest BCUT2D eigenvalue weighted by Crippen LogP contribution is -2.27. The lowest BCUT2D eigenvalue weighted by Gasteiger charge is -2.17. The van der Waals surface area contributed by atoms with E-state index < -0.39 is 0 Å². The zero-order valence-electron chi connectivity index (χ0n) is 11.6. The number of carbonyl (C=O) groups is 1. The van der Waals surface area contributed by atoms with Crippen LogP contribution in [0.2, 0.25) is 5.15 Å². The summed E-state index contributed by atoms with van der Waals surface area (Å²) in [5, 5.41) is 3.06. The van der Waals surface area contributed by atoms with Crippen molar-refractivity contribution in [2.24, 2.45) is 0 Å². The first-order valence-corrected chi connectivity index (χ1v) is 7.45. The molecule has 4 nitrogen and oxygen atoms in total. The van der Waals surface area contributed by atoms with Gasteiger partial charge in [0.15, 0.2) is 0 Å². The molecule has 0 spiro atoms. The molecule has 0 radical (unpaired) electrons. The van der Waals surface area contributed by atoms with Gasteiger partial charge in [0.2, 0.25) is 0 Å². The third kappa shape index (κ3) is 3.74. The Morgan fingerprint density at radius 2 is 2.14 bits per heavy atom. The number of amides is 1. The van der Waals surface area contributed by atoms with Crippen molar-refractivity contribution < 1.29 is 9.53 Å². The maximum absolute atomic E-state index is 12.3. The topological polar surface area (TPSA) is 51.2 Å². The first-order valence-electron chi connectivity index (χ1n) is 6.27. The number of aromatic nitrogens is 1. The van der Waals surface area contributed by atoms with Gasteiger partial charge in [-0.2, -0.15) is 0 Å². The van der Waals surface area contributed by atoms with E-state index in [1.165, 1.54) is 0 Å². The number of nitrogens with one attached hydrogen (secondary N) is 1. The van der Waals surface area contributed by atoms with Crippen LogP contribution in [0, 0.1) is 0 Å². The van der Waals surface area contributed by atoms with Gasteiger partial charge in [0.1, 0.15) is 10.9 Å². The molecular formula is C15H14BrClN2O2. The van der Waals surface area contributed by atoms with E-state index in [0.717, 1.165) is 11.3 Å². The van der Waals surface area contributed by atoms with Crippen molar-refractivity contribution in [1.82, 2.24) is 10.3 Å². The van der Waals surface area contributed by atoms with E-state index in [0.29, 0.717) is 10.0 Å². The number of methoxy groups -OCH3 is 1. The predicted octanol–water partition coefficient (Wildman–Crippen LogP) is 4.00. The molecule has 1 aromatic carbocycles. The molecule has 6 heteroatoms. The molecule has 0 aliphatic carbocycles. The van der Waals surface area contributed by atoms with Crippen molar-refractivity contribution >= 4 is 33.4 Å². The third-order valence-electron chi connectivity index (χ3n) is 3.00. The lowest BCUT2D eigenvalue weighted by atomic mass is 10.1. The number of hydrogen-bond acceptors (Lipinski definition) is 3. The van der Waals surface area contributed by atoms with Crippen molar-refractivity contribution in [2.45, 2.75) is 13.0 Å². The maximum atomic E-state index is 12.3. The van der Waals surface area contributed by atoms with Crippen molar-refractivity contribution in [1.29, 1.82) is 0 Å². The normalized spacial score (nSPS) is 11.8. The molecule has 1 aromatic heterocycles. The van der Waals surface area contributed by atoms with Crippen molar-refractivity contribution in [2.75, 3.05) is 7.11 Å². The van der Waals surface area contributed by atoms with Crippen LogP contribution in [0.25, 0.3) is 0 Å².